The molecule has 0 spiro atoms. The van der Waals surface area contributed by atoms with E-state index in [0.717, 1.165) is 26.1 Å². The van der Waals surface area contributed by atoms with Crippen LogP contribution in [-0.4, -0.2) is 31.8 Å². The molecule has 0 aromatic carbocycles. The normalized spacial score (nSPS) is 12.9. The highest BCUT2D eigenvalue weighted by Crippen LogP contribution is 2.20. The van der Waals surface area contributed by atoms with Gasteiger partial charge in [0.05, 0.1) is 17.3 Å². The second-order valence-electron chi connectivity index (χ2n) is 4.42. The molecule has 0 bridgehead atoms. The lowest BCUT2D eigenvalue weighted by Gasteiger charge is -2.14. The largest absolute Gasteiger partial charge is 0.383 e. The van der Waals surface area contributed by atoms with E-state index in [4.69, 9.17) is 4.74 Å². The van der Waals surface area contributed by atoms with Gasteiger partial charge in [0, 0.05) is 25.0 Å². The molecule has 0 fully saturated rings. The molecule has 0 aliphatic carbocycles. The van der Waals surface area contributed by atoms with Gasteiger partial charge >= 0.3 is 0 Å². The van der Waals surface area contributed by atoms with Gasteiger partial charge in [-0.2, -0.15) is 0 Å². The number of aromatic nitrogens is 1. The molecule has 0 amide bonds. The molecule has 98 valence electrons. The third-order valence-corrected chi connectivity index (χ3v) is 4.12. The Hall–Kier alpha value is -0.450. The van der Waals surface area contributed by atoms with E-state index in [9.17, 15) is 0 Å². The Morgan fingerprint density at radius 3 is 2.71 bits per heavy atom. The van der Waals surface area contributed by atoms with Crippen LogP contribution in [0.15, 0.2) is 0 Å². The van der Waals surface area contributed by atoms with Crippen molar-refractivity contribution in [1.29, 1.82) is 0 Å². The fourth-order valence-electron chi connectivity index (χ4n) is 1.71. The third kappa shape index (κ3) is 5.15. The molecule has 0 radical (unpaired) electrons. The van der Waals surface area contributed by atoms with E-state index >= 15 is 0 Å². The van der Waals surface area contributed by atoms with E-state index < -0.39 is 0 Å². The number of hydrogen-bond acceptors (Lipinski definition) is 4. The van der Waals surface area contributed by atoms with Gasteiger partial charge in [0.1, 0.15) is 0 Å². The minimum absolute atomic E-state index is 0.678. The van der Waals surface area contributed by atoms with Crippen LogP contribution < -0.4 is 5.32 Å². The molecule has 0 aliphatic heterocycles. The van der Waals surface area contributed by atoms with E-state index in [0.29, 0.717) is 5.92 Å². The van der Waals surface area contributed by atoms with Crippen molar-refractivity contribution >= 4 is 11.3 Å². The van der Waals surface area contributed by atoms with Crippen LogP contribution in [-0.2, 0) is 11.2 Å². The van der Waals surface area contributed by atoms with Crippen molar-refractivity contribution in [3.05, 3.63) is 15.6 Å². The van der Waals surface area contributed by atoms with Crippen molar-refractivity contribution in [2.75, 3.05) is 26.8 Å². The van der Waals surface area contributed by atoms with Gasteiger partial charge in [-0.1, -0.05) is 13.3 Å². The summed E-state index contributed by atoms with van der Waals surface area (Å²) in [6, 6.07) is 0. The van der Waals surface area contributed by atoms with Crippen molar-refractivity contribution in [2.45, 2.75) is 33.6 Å². The Morgan fingerprint density at radius 1 is 1.41 bits per heavy atom. The molecule has 1 aromatic heterocycles. The minimum atomic E-state index is 0.678. The predicted octanol–water partition coefficient (Wildman–Crippen LogP) is 2.56. The zero-order chi connectivity index (χ0) is 12.7. The Balaban J connectivity index is 2.35. The lowest BCUT2D eigenvalue weighted by Crippen LogP contribution is -2.26. The average molecular weight is 256 g/mol. The summed E-state index contributed by atoms with van der Waals surface area (Å²) in [5.41, 5.74) is 1.19. The Bertz CT molecular complexity index is 306. The minimum Gasteiger partial charge on any atom is -0.383 e. The molecule has 1 heterocycles. The molecule has 0 saturated carbocycles. The maximum atomic E-state index is 5.02. The number of nitrogens with one attached hydrogen (secondary N) is 1. The van der Waals surface area contributed by atoms with E-state index in [1.54, 1.807) is 7.11 Å². The number of methoxy groups -OCH3 is 1. The topological polar surface area (TPSA) is 34.1 Å². The number of aryl methyl sites for hydroxylation is 2. The van der Waals surface area contributed by atoms with Crippen LogP contribution in [0, 0.1) is 19.8 Å². The highest BCUT2D eigenvalue weighted by Gasteiger charge is 2.11. The maximum absolute atomic E-state index is 5.02. The lowest BCUT2D eigenvalue weighted by atomic mass is 10.0. The van der Waals surface area contributed by atoms with Gasteiger partial charge < -0.3 is 10.1 Å². The fourth-order valence-corrected chi connectivity index (χ4v) is 2.76. The first-order valence-electron chi connectivity index (χ1n) is 6.29. The first-order chi connectivity index (χ1) is 8.17. The van der Waals surface area contributed by atoms with Crippen LogP contribution in [0.4, 0.5) is 0 Å². The highest BCUT2D eigenvalue weighted by molar-refractivity contribution is 7.11. The molecule has 1 N–H and O–H groups in total. The second-order valence-corrected chi connectivity index (χ2v) is 5.71. The molecule has 4 heteroatoms. The summed E-state index contributed by atoms with van der Waals surface area (Å²) in [5.74, 6) is 0.678. The second kappa shape index (κ2) is 7.80. The predicted molar refractivity (Wildman–Crippen MR) is 73.8 cm³/mol. The third-order valence-electron chi connectivity index (χ3n) is 3.03. The molecule has 0 saturated heterocycles. The quantitative estimate of drug-likeness (QED) is 0.726. The van der Waals surface area contributed by atoms with Crippen LogP contribution in [0.3, 0.4) is 0 Å². The number of hydrogen-bond donors (Lipinski definition) is 1. The fraction of sp³-hybridized carbons (Fsp3) is 0.769. The first-order valence-corrected chi connectivity index (χ1v) is 7.11. The van der Waals surface area contributed by atoms with Crippen LogP contribution in [0.5, 0.6) is 0 Å². The average Bonchev–Trinajstić information content (AvgIpc) is 2.62. The summed E-state index contributed by atoms with van der Waals surface area (Å²) in [6.45, 7) is 9.25. The van der Waals surface area contributed by atoms with Gasteiger partial charge in [0.25, 0.3) is 0 Å². The summed E-state index contributed by atoms with van der Waals surface area (Å²) in [6.07, 6.45) is 2.29. The smallest absolute Gasteiger partial charge is 0.0934 e. The summed E-state index contributed by atoms with van der Waals surface area (Å²) < 4.78 is 5.02. The SMILES string of the molecule is CCC(CNCCOC)Cc1nc(C)c(C)s1. The molecule has 17 heavy (non-hydrogen) atoms. The van der Waals surface area contributed by atoms with E-state index in [-0.39, 0.29) is 0 Å². The first kappa shape index (κ1) is 14.6. The van der Waals surface area contributed by atoms with E-state index in [1.807, 2.05) is 11.3 Å². The highest BCUT2D eigenvalue weighted by atomic mass is 32.1. The van der Waals surface area contributed by atoms with Crippen LogP contribution >= 0.6 is 11.3 Å². The maximum Gasteiger partial charge on any atom is 0.0934 e. The molecule has 1 aromatic rings. The standard InChI is InChI=1S/C13H24N2OS/c1-5-12(9-14-6-7-16-4)8-13-15-10(2)11(3)17-13/h12,14H,5-9H2,1-4H3. The van der Waals surface area contributed by atoms with Gasteiger partial charge in [0.15, 0.2) is 0 Å². The molecule has 1 rings (SSSR count). The van der Waals surface area contributed by atoms with Crippen LogP contribution in [0.1, 0.15) is 28.9 Å². The van der Waals surface area contributed by atoms with Crippen LogP contribution in [0.25, 0.3) is 0 Å². The van der Waals surface area contributed by atoms with E-state index in [2.05, 4.69) is 31.1 Å². The zero-order valence-electron chi connectivity index (χ0n) is 11.4. The van der Waals surface area contributed by atoms with Crippen molar-refractivity contribution in [1.82, 2.24) is 10.3 Å². The van der Waals surface area contributed by atoms with Gasteiger partial charge in [-0.25, -0.2) is 4.98 Å². The Morgan fingerprint density at radius 2 is 2.18 bits per heavy atom. The van der Waals surface area contributed by atoms with Gasteiger partial charge in [0.2, 0.25) is 0 Å². The number of ether oxygens (including phenoxy) is 1. The molecule has 1 unspecified atom stereocenters. The number of rotatable bonds is 8. The molecular formula is C13H24N2OS. The number of nitrogens with zero attached hydrogens (tertiary/aromatic N) is 1. The van der Waals surface area contributed by atoms with Gasteiger partial charge in [-0.15, -0.1) is 11.3 Å². The van der Waals surface area contributed by atoms with Gasteiger partial charge in [-0.05, 0) is 26.3 Å². The zero-order valence-corrected chi connectivity index (χ0v) is 12.2. The Labute approximate surface area is 109 Å². The molecular weight excluding hydrogens is 232 g/mol. The van der Waals surface area contributed by atoms with Crippen molar-refractivity contribution in [2.24, 2.45) is 5.92 Å². The van der Waals surface area contributed by atoms with Crippen molar-refractivity contribution in [3.8, 4) is 0 Å². The van der Waals surface area contributed by atoms with Crippen LogP contribution in [0.2, 0.25) is 0 Å². The van der Waals surface area contributed by atoms with Crippen molar-refractivity contribution in [3.63, 3.8) is 0 Å². The lowest BCUT2D eigenvalue weighted by molar-refractivity contribution is 0.197. The molecule has 3 nitrogen and oxygen atoms in total. The van der Waals surface area contributed by atoms with E-state index in [1.165, 1.54) is 22.0 Å². The summed E-state index contributed by atoms with van der Waals surface area (Å²) in [5, 5.41) is 4.71. The number of thiazole rings is 1. The Kier molecular flexibility index (Phi) is 6.70. The monoisotopic (exact) mass is 256 g/mol. The van der Waals surface area contributed by atoms with Crippen molar-refractivity contribution < 1.29 is 4.74 Å². The summed E-state index contributed by atoms with van der Waals surface area (Å²) in [4.78, 5) is 5.96. The summed E-state index contributed by atoms with van der Waals surface area (Å²) in [7, 11) is 1.74. The summed E-state index contributed by atoms with van der Waals surface area (Å²) >= 11 is 1.84. The van der Waals surface area contributed by atoms with Gasteiger partial charge in [-0.3, -0.25) is 0 Å². The molecule has 1 atom stereocenters. The molecule has 0 aliphatic rings.